The highest BCUT2D eigenvalue weighted by Crippen LogP contribution is 2.19. The Balaban J connectivity index is 1.87. The monoisotopic (exact) mass is 265 g/mol. The zero-order chi connectivity index (χ0) is 13.0. The first-order valence-corrected chi connectivity index (χ1v) is 6.36. The first-order valence-electron chi connectivity index (χ1n) is 5.92. The molecule has 1 unspecified atom stereocenters. The van der Waals surface area contributed by atoms with Crippen LogP contribution in [0.1, 0.15) is 29.3 Å². The van der Waals surface area contributed by atoms with Crippen LogP contribution >= 0.6 is 11.6 Å². The molecule has 96 valence electrons. The highest BCUT2D eigenvalue weighted by molar-refractivity contribution is 6.20. The first-order chi connectivity index (χ1) is 8.66. The topological polar surface area (TPSA) is 51.0 Å². The largest absolute Gasteiger partial charge is 0.407 e. The molecule has 0 fully saturated rings. The minimum atomic E-state index is -0.260. The molecule has 0 amide bonds. The Morgan fingerprint density at radius 2 is 2.11 bits per heavy atom. The van der Waals surface area contributed by atoms with E-state index in [4.69, 9.17) is 16.0 Å². The Morgan fingerprint density at radius 3 is 2.78 bits per heavy atom. The molecule has 1 aromatic carbocycles. The van der Waals surface area contributed by atoms with Gasteiger partial charge in [0.05, 0.1) is 0 Å². The minimum Gasteiger partial charge on any atom is -0.407 e. The molecule has 5 heteroatoms. The highest BCUT2D eigenvalue weighted by Gasteiger charge is 2.10. The van der Waals surface area contributed by atoms with Gasteiger partial charge in [-0.05, 0) is 31.4 Å². The Bertz CT molecular complexity index is 510. The number of halogens is 1. The summed E-state index contributed by atoms with van der Waals surface area (Å²) in [5, 5.41) is 10.6. The van der Waals surface area contributed by atoms with Crippen molar-refractivity contribution >= 4 is 17.6 Å². The number of alkyl halides is 1. The van der Waals surface area contributed by atoms with Gasteiger partial charge in [0.15, 0.2) is 0 Å². The van der Waals surface area contributed by atoms with Gasteiger partial charge in [0, 0.05) is 6.54 Å². The zero-order valence-electron chi connectivity index (χ0n) is 10.5. The van der Waals surface area contributed by atoms with Gasteiger partial charge in [-0.15, -0.1) is 16.7 Å². The van der Waals surface area contributed by atoms with Gasteiger partial charge in [0.1, 0.15) is 5.38 Å². The summed E-state index contributed by atoms with van der Waals surface area (Å²) < 4.78 is 5.35. The van der Waals surface area contributed by atoms with Gasteiger partial charge in [0.2, 0.25) is 5.89 Å². The summed E-state index contributed by atoms with van der Waals surface area (Å²) in [6, 6.07) is 8.73. The molecule has 2 aromatic rings. The zero-order valence-corrected chi connectivity index (χ0v) is 11.2. The van der Waals surface area contributed by atoms with Gasteiger partial charge in [-0.25, -0.2) is 0 Å². The first kappa shape index (κ1) is 12.9. The van der Waals surface area contributed by atoms with E-state index >= 15 is 0 Å². The van der Waals surface area contributed by atoms with Crippen LogP contribution in [-0.2, 0) is 6.42 Å². The predicted molar refractivity (Wildman–Crippen MR) is 71.9 cm³/mol. The Kier molecular flexibility index (Phi) is 4.20. The summed E-state index contributed by atoms with van der Waals surface area (Å²) in [7, 11) is 0. The number of aryl methyl sites for hydroxylation is 1. The molecule has 0 spiro atoms. The van der Waals surface area contributed by atoms with Crippen molar-refractivity contribution in [3.05, 3.63) is 41.3 Å². The van der Waals surface area contributed by atoms with Gasteiger partial charge >= 0.3 is 6.01 Å². The lowest BCUT2D eigenvalue weighted by atomic mass is 10.1. The molecule has 0 saturated carbocycles. The van der Waals surface area contributed by atoms with E-state index in [0.717, 1.165) is 13.0 Å². The highest BCUT2D eigenvalue weighted by atomic mass is 35.5. The van der Waals surface area contributed by atoms with Crippen LogP contribution < -0.4 is 5.32 Å². The van der Waals surface area contributed by atoms with E-state index in [1.165, 1.54) is 11.1 Å². The number of nitrogens with zero attached hydrogens (tertiary/aromatic N) is 2. The lowest BCUT2D eigenvalue weighted by Crippen LogP contribution is -2.05. The maximum Gasteiger partial charge on any atom is 0.315 e. The molecule has 1 heterocycles. The van der Waals surface area contributed by atoms with E-state index in [-0.39, 0.29) is 5.38 Å². The lowest BCUT2D eigenvalue weighted by molar-refractivity contribution is 0.506. The molecule has 1 aromatic heterocycles. The van der Waals surface area contributed by atoms with E-state index in [2.05, 4.69) is 34.6 Å². The van der Waals surface area contributed by atoms with Crippen molar-refractivity contribution in [3.63, 3.8) is 0 Å². The van der Waals surface area contributed by atoms with Gasteiger partial charge in [-0.2, -0.15) is 0 Å². The summed E-state index contributed by atoms with van der Waals surface area (Å²) in [6.45, 7) is 4.66. The van der Waals surface area contributed by atoms with E-state index in [9.17, 15) is 0 Å². The summed E-state index contributed by atoms with van der Waals surface area (Å²) >= 11 is 5.84. The quantitative estimate of drug-likeness (QED) is 0.843. The fraction of sp³-hybridized carbons (Fsp3) is 0.385. The van der Waals surface area contributed by atoms with E-state index < -0.39 is 0 Å². The van der Waals surface area contributed by atoms with Gasteiger partial charge in [-0.1, -0.05) is 29.4 Å². The van der Waals surface area contributed by atoms with Crippen LogP contribution in [0.2, 0.25) is 0 Å². The van der Waals surface area contributed by atoms with Crippen molar-refractivity contribution in [1.29, 1.82) is 0 Å². The predicted octanol–water partition coefficient (Wildman–Crippen LogP) is 3.33. The van der Waals surface area contributed by atoms with Crippen LogP contribution in [0.4, 0.5) is 6.01 Å². The van der Waals surface area contributed by atoms with Crippen LogP contribution in [0.3, 0.4) is 0 Å². The van der Waals surface area contributed by atoms with Crippen LogP contribution in [0.5, 0.6) is 0 Å². The molecule has 2 rings (SSSR count). The lowest BCUT2D eigenvalue weighted by Gasteiger charge is -2.05. The molecule has 0 saturated heterocycles. The van der Waals surface area contributed by atoms with Gasteiger partial charge in [0.25, 0.3) is 0 Å². The summed E-state index contributed by atoms with van der Waals surface area (Å²) in [5.41, 5.74) is 2.61. The molecular weight excluding hydrogens is 250 g/mol. The number of nitrogens with one attached hydrogen (secondary N) is 1. The fourth-order valence-electron chi connectivity index (χ4n) is 1.66. The molecule has 0 bridgehead atoms. The van der Waals surface area contributed by atoms with Crippen molar-refractivity contribution in [3.8, 4) is 0 Å². The molecule has 0 aliphatic carbocycles. The summed E-state index contributed by atoms with van der Waals surface area (Å²) in [4.78, 5) is 0. The van der Waals surface area contributed by atoms with E-state index in [1.54, 1.807) is 6.92 Å². The molecule has 18 heavy (non-hydrogen) atoms. The van der Waals surface area contributed by atoms with Gasteiger partial charge < -0.3 is 9.73 Å². The molecular formula is C13H16ClN3O. The third kappa shape index (κ3) is 3.23. The van der Waals surface area contributed by atoms with Crippen LogP contribution in [-0.4, -0.2) is 16.7 Å². The number of aromatic nitrogens is 2. The van der Waals surface area contributed by atoms with Crippen LogP contribution in [0.15, 0.2) is 28.7 Å². The number of anilines is 1. The number of hydrogen-bond acceptors (Lipinski definition) is 4. The van der Waals surface area contributed by atoms with E-state index in [0.29, 0.717) is 11.9 Å². The Labute approximate surface area is 111 Å². The number of rotatable bonds is 5. The Hall–Kier alpha value is -1.55. The molecule has 0 radical (unpaired) electrons. The second kappa shape index (κ2) is 5.87. The molecule has 0 aliphatic heterocycles. The maximum absolute atomic E-state index is 5.84. The van der Waals surface area contributed by atoms with Crippen molar-refractivity contribution < 1.29 is 4.42 Å². The minimum absolute atomic E-state index is 0.260. The second-order valence-electron chi connectivity index (χ2n) is 4.16. The average Bonchev–Trinajstić information content (AvgIpc) is 2.80. The third-order valence-corrected chi connectivity index (χ3v) is 2.90. The van der Waals surface area contributed by atoms with Crippen molar-refractivity contribution in [2.45, 2.75) is 25.6 Å². The average molecular weight is 266 g/mol. The molecule has 1 N–H and O–H groups in total. The second-order valence-corrected chi connectivity index (χ2v) is 4.82. The summed E-state index contributed by atoms with van der Waals surface area (Å²) in [5.74, 6) is 0.440. The molecule has 1 atom stereocenters. The van der Waals surface area contributed by atoms with E-state index in [1.807, 2.05) is 12.1 Å². The van der Waals surface area contributed by atoms with Crippen molar-refractivity contribution in [2.24, 2.45) is 0 Å². The summed E-state index contributed by atoms with van der Waals surface area (Å²) in [6.07, 6.45) is 0.917. The van der Waals surface area contributed by atoms with Crippen LogP contribution in [0, 0.1) is 6.92 Å². The molecule has 4 nitrogen and oxygen atoms in total. The third-order valence-electron chi connectivity index (χ3n) is 2.71. The van der Waals surface area contributed by atoms with Crippen molar-refractivity contribution in [1.82, 2.24) is 10.2 Å². The number of hydrogen-bond donors (Lipinski definition) is 1. The maximum atomic E-state index is 5.84. The SMILES string of the molecule is Cc1ccccc1CCNc1nnc(C(C)Cl)o1. The van der Waals surface area contributed by atoms with Crippen LogP contribution in [0.25, 0.3) is 0 Å². The fourth-order valence-corrected chi connectivity index (χ4v) is 1.75. The van der Waals surface area contributed by atoms with Gasteiger partial charge in [-0.3, -0.25) is 0 Å². The standard InChI is InChI=1S/C13H16ClN3O/c1-9-5-3-4-6-11(9)7-8-15-13-17-16-12(18-13)10(2)14/h3-6,10H,7-8H2,1-2H3,(H,15,17). The van der Waals surface area contributed by atoms with Crippen molar-refractivity contribution in [2.75, 3.05) is 11.9 Å². The smallest absolute Gasteiger partial charge is 0.315 e. The normalized spacial score (nSPS) is 12.4. The Morgan fingerprint density at radius 1 is 1.33 bits per heavy atom. The molecule has 0 aliphatic rings. The number of benzene rings is 1.